The molecule has 0 unspecified atom stereocenters. The van der Waals surface area contributed by atoms with Crippen LogP contribution >= 0.6 is 22.9 Å². The van der Waals surface area contributed by atoms with Crippen molar-refractivity contribution in [3.05, 3.63) is 57.2 Å². The van der Waals surface area contributed by atoms with Crippen molar-refractivity contribution < 1.29 is 14.3 Å². The summed E-state index contributed by atoms with van der Waals surface area (Å²) in [4.78, 5) is 28.4. The number of rotatable bonds is 3. The van der Waals surface area contributed by atoms with Crippen LogP contribution < -0.4 is 0 Å². The fourth-order valence-corrected chi connectivity index (χ4v) is 3.50. The van der Waals surface area contributed by atoms with Gasteiger partial charge in [-0.15, -0.1) is 11.3 Å². The molecule has 0 bridgehead atoms. The molecule has 126 valence electrons. The topological polar surface area (TPSA) is 49.9 Å². The maximum absolute atomic E-state index is 12.3. The molecule has 0 N–H and O–H groups in total. The Morgan fingerprint density at radius 3 is 2.29 bits per heavy atom. The molecule has 2 aromatic rings. The average molecular weight is 365 g/mol. The quantitative estimate of drug-likeness (QED) is 0.837. The van der Waals surface area contributed by atoms with Crippen molar-refractivity contribution in [2.75, 3.05) is 26.2 Å². The fourth-order valence-electron chi connectivity index (χ4n) is 2.49. The molecule has 1 aromatic heterocycles. The van der Waals surface area contributed by atoms with Crippen molar-refractivity contribution in [3.63, 3.8) is 0 Å². The molecule has 5 nitrogen and oxygen atoms in total. The summed E-state index contributed by atoms with van der Waals surface area (Å²) in [5.41, 5.74) is 0.953. The molecule has 0 aliphatic carbocycles. The molecule has 1 aliphatic heterocycles. The molecule has 0 spiro atoms. The molecule has 3 rings (SSSR count). The zero-order chi connectivity index (χ0) is 16.9. The number of amides is 2. The van der Waals surface area contributed by atoms with Crippen LogP contribution in [0.5, 0.6) is 0 Å². The van der Waals surface area contributed by atoms with Crippen molar-refractivity contribution in [3.8, 4) is 0 Å². The van der Waals surface area contributed by atoms with Gasteiger partial charge in [0.1, 0.15) is 6.61 Å². The summed E-state index contributed by atoms with van der Waals surface area (Å²) in [5.74, 6) is -0.0378. The monoisotopic (exact) mass is 364 g/mol. The van der Waals surface area contributed by atoms with Gasteiger partial charge in [-0.25, -0.2) is 4.79 Å². The number of nitrogens with zero attached hydrogens (tertiary/aromatic N) is 2. The van der Waals surface area contributed by atoms with E-state index in [2.05, 4.69) is 0 Å². The van der Waals surface area contributed by atoms with E-state index in [0.29, 0.717) is 35.4 Å². The Bertz CT molecular complexity index is 712. The van der Waals surface area contributed by atoms with Crippen LogP contribution in [0.2, 0.25) is 4.34 Å². The van der Waals surface area contributed by atoms with Gasteiger partial charge < -0.3 is 14.5 Å². The number of halogens is 1. The predicted molar refractivity (Wildman–Crippen MR) is 93.4 cm³/mol. The van der Waals surface area contributed by atoms with E-state index in [1.807, 2.05) is 30.3 Å². The minimum atomic E-state index is -0.342. The van der Waals surface area contributed by atoms with Crippen LogP contribution in [-0.2, 0) is 11.3 Å². The molecule has 1 saturated heterocycles. The number of piperazine rings is 1. The van der Waals surface area contributed by atoms with Crippen LogP contribution in [0.25, 0.3) is 0 Å². The van der Waals surface area contributed by atoms with E-state index in [9.17, 15) is 9.59 Å². The highest BCUT2D eigenvalue weighted by Gasteiger charge is 2.26. The first-order valence-corrected chi connectivity index (χ1v) is 8.83. The first kappa shape index (κ1) is 16.8. The minimum Gasteiger partial charge on any atom is -0.445 e. The smallest absolute Gasteiger partial charge is 0.410 e. The van der Waals surface area contributed by atoms with Gasteiger partial charge in [0.2, 0.25) is 0 Å². The summed E-state index contributed by atoms with van der Waals surface area (Å²) < 4.78 is 5.92. The Morgan fingerprint density at radius 2 is 1.67 bits per heavy atom. The number of carbonyl (C=O) groups is 2. The van der Waals surface area contributed by atoms with Crippen molar-refractivity contribution in [1.29, 1.82) is 0 Å². The van der Waals surface area contributed by atoms with E-state index in [0.717, 1.165) is 5.56 Å². The molecule has 2 heterocycles. The van der Waals surface area contributed by atoms with Gasteiger partial charge in [0, 0.05) is 26.2 Å². The number of carbonyl (C=O) groups excluding carboxylic acids is 2. The molecule has 0 atom stereocenters. The third kappa shape index (κ3) is 4.07. The molecular formula is C17H17ClN2O3S. The van der Waals surface area contributed by atoms with Gasteiger partial charge in [0.25, 0.3) is 5.91 Å². The number of ether oxygens (including phenoxy) is 1. The number of hydrogen-bond donors (Lipinski definition) is 0. The van der Waals surface area contributed by atoms with Gasteiger partial charge in [-0.2, -0.15) is 0 Å². The van der Waals surface area contributed by atoms with Gasteiger partial charge in [-0.1, -0.05) is 41.9 Å². The summed E-state index contributed by atoms with van der Waals surface area (Å²) in [6.45, 7) is 2.19. The number of hydrogen-bond acceptors (Lipinski definition) is 4. The highest BCUT2D eigenvalue weighted by Crippen LogP contribution is 2.23. The summed E-state index contributed by atoms with van der Waals surface area (Å²) in [5, 5.41) is 0. The fraction of sp³-hybridized carbons (Fsp3) is 0.294. The molecule has 1 aliphatic rings. The van der Waals surface area contributed by atoms with Crippen LogP contribution in [-0.4, -0.2) is 48.0 Å². The van der Waals surface area contributed by atoms with Crippen LogP contribution in [0, 0.1) is 0 Å². The van der Waals surface area contributed by atoms with Crippen LogP contribution in [0.4, 0.5) is 4.79 Å². The van der Waals surface area contributed by atoms with Crippen molar-refractivity contribution >= 4 is 34.9 Å². The van der Waals surface area contributed by atoms with Crippen molar-refractivity contribution in [2.24, 2.45) is 0 Å². The summed E-state index contributed by atoms with van der Waals surface area (Å²) in [7, 11) is 0. The molecule has 7 heteroatoms. The van der Waals surface area contributed by atoms with Crippen molar-refractivity contribution in [2.45, 2.75) is 6.61 Å². The summed E-state index contributed by atoms with van der Waals surface area (Å²) in [6.07, 6.45) is -0.342. The van der Waals surface area contributed by atoms with Crippen LogP contribution in [0.15, 0.2) is 42.5 Å². The van der Waals surface area contributed by atoms with Crippen LogP contribution in [0.3, 0.4) is 0 Å². The minimum absolute atomic E-state index is 0.0378. The lowest BCUT2D eigenvalue weighted by atomic mass is 10.2. The highest BCUT2D eigenvalue weighted by molar-refractivity contribution is 7.17. The second-order valence-electron chi connectivity index (χ2n) is 5.42. The molecule has 0 radical (unpaired) electrons. The van der Waals surface area contributed by atoms with Crippen LogP contribution in [0.1, 0.15) is 15.2 Å². The van der Waals surface area contributed by atoms with E-state index < -0.39 is 0 Å². The molecule has 2 amide bonds. The number of benzene rings is 1. The Balaban J connectivity index is 1.47. The van der Waals surface area contributed by atoms with Gasteiger partial charge in [0.05, 0.1) is 9.21 Å². The molecule has 24 heavy (non-hydrogen) atoms. The van der Waals surface area contributed by atoms with E-state index in [4.69, 9.17) is 16.3 Å². The lowest BCUT2D eigenvalue weighted by Crippen LogP contribution is -2.50. The van der Waals surface area contributed by atoms with Gasteiger partial charge in [-0.3, -0.25) is 4.79 Å². The predicted octanol–water partition coefficient (Wildman–Crippen LogP) is 3.50. The Labute approximate surface area is 149 Å². The van der Waals surface area contributed by atoms with Gasteiger partial charge in [-0.05, 0) is 17.7 Å². The van der Waals surface area contributed by atoms with Gasteiger partial charge in [0.15, 0.2) is 0 Å². The SMILES string of the molecule is O=C(OCc1ccccc1)N1CCN(C(=O)c2ccc(Cl)s2)CC1. The largest absolute Gasteiger partial charge is 0.445 e. The van der Waals surface area contributed by atoms with E-state index >= 15 is 0 Å². The Kier molecular flexibility index (Phi) is 5.37. The zero-order valence-electron chi connectivity index (χ0n) is 13.0. The summed E-state index contributed by atoms with van der Waals surface area (Å²) >= 11 is 7.14. The van der Waals surface area contributed by atoms with Crippen molar-refractivity contribution in [1.82, 2.24) is 9.80 Å². The third-order valence-electron chi connectivity index (χ3n) is 3.81. The Morgan fingerprint density at radius 1 is 1.00 bits per heavy atom. The second kappa shape index (κ2) is 7.68. The van der Waals surface area contributed by atoms with E-state index in [-0.39, 0.29) is 18.6 Å². The molecule has 1 fully saturated rings. The average Bonchev–Trinajstić information content (AvgIpc) is 3.06. The van der Waals surface area contributed by atoms with E-state index in [1.165, 1.54) is 11.3 Å². The first-order valence-electron chi connectivity index (χ1n) is 7.64. The third-order valence-corrected chi connectivity index (χ3v) is 5.03. The summed E-state index contributed by atoms with van der Waals surface area (Å²) in [6, 6.07) is 13.0. The molecule has 0 saturated carbocycles. The van der Waals surface area contributed by atoms with E-state index in [1.54, 1.807) is 21.9 Å². The standard InChI is InChI=1S/C17H17ClN2O3S/c18-15-7-6-14(24-15)16(21)19-8-10-20(11-9-19)17(22)23-12-13-4-2-1-3-5-13/h1-7H,8-12H2. The number of thiophene rings is 1. The second-order valence-corrected chi connectivity index (χ2v) is 7.14. The Hall–Kier alpha value is -2.05. The molecular weight excluding hydrogens is 348 g/mol. The lowest BCUT2D eigenvalue weighted by Gasteiger charge is -2.33. The maximum Gasteiger partial charge on any atom is 0.410 e. The lowest BCUT2D eigenvalue weighted by molar-refractivity contribution is 0.0547. The maximum atomic E-state index is 12.3. The highest BCUT2D eigenvalue weighted by atomic mass is 35.5. The normalized spacial score (nSPS) is 14.5. The zero-order valence-corrected chi connectivity index (χ0v) is 14.6. The first-order chi connectivity index (χ1) is 11.6. The van der Waals surface area contributed by atoms with Gasteiger partial charge >= 0.3 is 6.09 Å². The molecule has 1 aromatic carbocycles.